The summed E-state index contributed by atoms with van der Waals surface area (Å²) in [7, 11) is -4.10. The number of rotatable bonds is 4. The number of alkyl halides is 3. The molecule has 5 nitrogen and oxygen atoms in total. The number of hydrogen-bond donors (Lipinski definition) is 2. The maximum absolute atomic E-state index is 12.6. The third kappa shape index (κ3) is 3.56. The van der Waals surface area contributed by atoms with Gasteiger partial charge in [-0.2, -0.15) is 21.6 Å². The molecule has 0 radical (unpaired) electrons. The van der Waals surface area contributed by atoms with Crippen LogP contribution in [0.3, 0.4) is 0 Å². The monoisotopic (exact) mass is 320 g/mol. The van der Waals surface area contributed by atoms with E-state index in [1.165, 1.54) is 18.2 Å². The van der Waals surface area contributed by atoms with Crippen LogP contribution in [0.2, 0.25) is 0 Å². The zero-order chi connectivity index (χ0) is 15.7. The Bertz CT molecular complexity index is 738. The SMILES string of the molecule is NCc1ccc(S(=O)(=O)Nc2cccc(C(F)(F)F)c2)o1. The molecule has 0 spiro atoms. The number of sulfonamides is 1. The Balaban J connectivity index is 2.28. The molecule has 9 heteroatoms. The zero-order valence-electron chi connectivity index (χ0n) is 10.5. The fourth-order valence-corrected chi connectivity index (χ4v) is 2.58. The normalized spacial score (nSPS) is 12.4. The van der Waals surface area contributed by atoms with Crippen molar-refractivity contribution in [3.8, 4) is 0 Å². The lowest BCUT2D eigenvalue weighted by Gasteiger charge is -2.10. The third-order valence-electron chi connectivity index (χ3n) is 2.55. The van der Waals surface area contributed by atoms with Gasteiger partial charge in [0.15, 0.2) is 0 Å². The van der Waals surface area contributed by atoms with E-state index < -0.39 is 26.9 Å². The second-order valence-corrected chi connectivity index (χ2v) is 5.72. The first-order valence-corrected chi connectivity index (χ1v) is 7.19. The van der Waals surface area contributed by atoms with E-state index in [0.29, 0.717) is 6.07 Å². The molecule has 1 heterocycles. The highest BCUT2D eigenvalue weighted by Crippen LogP contribution is 2.31. The van der Waals surface area contributed by atoms with E-state index >= 15 is 0 Å². The average molecular weight is 320 g/mol. The van der Waals surface area contributed by atoms with Gasteiger partial charge in [-0.1, -0.05) is 6.07 Å². The van der Waals surface area contributed by atoms with Crippen LogP contribution in [0.4, 0.5) is 18.9 Å². The van der Waals surface area contributed by atoms with Crippen LogP contribution >= 0.6 is 0 Å². The van der Waals surface area contributed by atoms with Crippen molar-refractivity contribution in [2.45, 2.75) is 17.8 Å². The molecular weight excluding hydrogens is 309 g/mol. The first-order valence-electron chi connectivity index (χ1n) is 5.71. The van der Waals surface area contributed by atoms with Crippen molar-refractivity contribution in [1.82, 2.24) is 0 Å². The molecule has 0 aliphatic heterocycles. The Morgan fingerprint density at radius 3 is 2.48 bits per heavy atom. The van der Waals surface area contributed by atoms with Crippen molar-refractivity contribution < 1.29 is 26.0 Å². The molecule has 1 aromatic carbocycles. The zero-order valence-corrected chi connectivity index (χ0v) is 11.3. The molecule has 0 saturated carbocycles. The second-order valence-electron chi connectivity index (χ2n) is 4.11. The van der Waals surface area contributed by atoms with Crippen molar-refractivity contribution in [3.63, 3.8) is 0 Å². The molecule has 0 aliphatic carbocycles. The van der Waals surface area contributed by atoms with Gasteiger partial charge in [-0.3, -0.25) is 4.72 Å². The minimum Gasteiger partial charge on any atom is -0.446 e. The van der Waals surface area contributed by atoms with Gasteiger partial charge < -0.3 is 10.2 Å². The maximum atomic E-state index is 12.6. The largest absolute Gasteiger partial charge is 0.446 e. The number of nitrogens with one attached hydrogen (secondary N) is 1. The minimum absolute atomic E-state index is 0.0130. The number of benzene rings is 1. The summed E-state index contributed by atoms with van der Waals surface area (Å²) in [5, 5.41) is -0.416. The summed E-state index contributed by atoms with van der Waals surface area (Å²) in [4.78, 5) is 0. The lowest BCUT2D eigenvalue weighted by molar-refractivity contribution is -0.137. The Morgan fingerprint density at radius 1 is 1.19 bits per heavy atom. The van der Waals surface area contributed by atoms with Gasteiger partial charge in [0.2, 0.25) is 5.09 Å². The van der Waals surface area contributed by atoms with Crippen LogP contribution in [0, 0.1) is 0 Å². The summed E-state index contributed by atoms with van der Waals surface area (Å²) in [6.07, 6.45) is -4.56. The highest BCUT2D eigenvalue weighted by atomic mass is 32.2. The van der Waals surface area contributed by atoms with Crippen molar-refractivity contribution >= 4 is 15.7 Å². The van der Waals surface area contributed by atoms with Gasteiger partial charge in [-0.05, 0) is 30.3 Å². The van der Waals surface area contributed by atoms with Gasteiger partial charge in [-0.25, -0.2) is 0 Å². The lowest BCUT2D eigenvalue weighted by Crippen LogP contribution is -2.13. The van der Waals surface area contributed by atoms with Crippen molar-refractivity contribution in [2.24, 2.45) is 5.73 Å². The summed E-state index contributed by atoms with van der Waals surface area (Å²) in [5.41, 5.74) is 4.13. The number of furan rings is 1. The minimum atomic E-state index is -4.56. The maximum Gasteiger partial charge on any atom is 0.416 e. The van der Waals surface area contributed by atoms with Crippen LogP contribution in [-0.4, -0.2) is 8.42 Å². The van der Waals surface area contributed by atoms with Gasteiger partial charge >= 0.3 is 6.18 Å². The average Bonchev–Trinajstić information content (AvgIpc) is 2.87. The Morgan fingerprint density at radius 2 is 1.90 bits per heavy atom. The first-order chi connectivity index (χ1) is 9.72. The molecule has 0 fully saturated rings. The van der Waals surface area contributed by atoms with Crippen molar-refractivity contribution in [3.05, 3.63) is 47.7 Å². The van der Waals surface area contributed by atoms with E-state index in [4.69, 9.17) is 10.2 Å². The standard InChI is InChI=1S/C12H11F3N2O3S/c13-12(14,15)8-2-1-3-9(6-8)17-21(18,19)11-5-4-10(7-16)20-11/h1-6,17H,7,16H2. The molecule has 0 saturated heterocycles. The molecule has 114 valence electrons. The Kier molecular flexibility index (Phi) is 3.97. The van der Waals surface area contributed by atoms with Gasteiger partial charge in [0.1, 0.15) is 5.76 Å². The predicted molar refractivity (Wildman–Crippen MR) is 68.9 cm³/mol. The van der Waals surface area contributed by atoms with Crippen molar-refractivity contribution in [2.75, 3.05) is 4.72 Å². The summed E-state index contributed by atoms with van der Waals surface area (Å²) in [6.45, 7) is 0.0130. The fraction of sp³-hybridized carbons (Fsp3) is 0.167. The Labute approximate surface area is 118 Å². The lowest BCUT2D eigenvalue weighted by atomic mass is 10.2. The topological polar surface area (TPSA) is 85.3 Å². The van der Waals surface area contributed by atoms with Crippen molar-refractivity contribution in [1.29, 1.82) is 0 Å². The third-order valence-corrected chi connectivity index (χ3v) is 3.80. The number of nitrogens with two attached hydrogens (primary N) is 1. The Hall–Kier alpha value is -2.00. The van der Waals surface area contributed by atoms with Crippen LogP contribution in [0.1, 0.15) is 11.3 Å². The van der Waals surface area contributed by atoms with Gasteiger partial charge in [0.25, 0.3) is 10.0 Å². The van der Waals surface area contributed by atoms with Crippen LogP contribution < -0.4 is 10.5 Å². The molecule has 2 rings (SSSR count). The second kappa shape index (κ2) is 5.41. The predicted octanol–water partition coefficient (Wildman–Crippen LogP) is 2.56. The molecule has 1 aromatic heterocycles. The van der Waals surface area contributed by atoms with Crippen LogP contribution in [0.15, 0.2) is 45.9 Å². The molecule has 21 heavy (non-hydrogen) atoms. The summed E-state index contributed by atoms with van der Waals surface area (Å²) < 4.78 is 68.6. The smallest absolute Gasteiger partial charge is 0.416 e. The summed E-state index contributed by atoms with van der Waals surface area (Å²) in [6, 6.07) is 6.41. The summed E-state index contributed by atoms with van der Waals surface area (Å²) >= 11 is 0. The van der Waals surface area contributed by atoms with E-state index in [9.17, 15) is 21.6 Å². The van der Waals surface area contributed by atoms with Gasteiger partial charge in [-0.15, -0.1) is 0 Å². The van der Waals surface area contributed by atoms with E-state index in [1.807, 2.05) is 4.72 Å². The number of hydrogen-bond acceptors (Lipinski definition) is 4. The van der Waals surface area contributed by atoms with Gasteiger partial charge in [0, 0.05) is 5.69 Å². The highest BCUT2D eigenvalue weighted by Gasteiger charge is 2.31. The highest BCUT2D eigenvalue weighted by molar-refractivity contribution is 7.92. The molecule has 0 bridgehead atoms. The quantitative estimate of drug-likeness (QED) is 0.906. The van der Waals surface area contributed by atoms with Crippen LogP contribution in [0.5, 0.6) is 0 Å². The van der Waals surface area contributed by atoms with Crippen LogP contribution in [0.25, 0.3) is 0 Å². The molecule has 3 N–H and O–H groups in total. The molecule has 0 unspecified atom stereocenters. The van der Waals surface area contributed by atoms with E-state index in [-0.39, 0.29) is 18.0 Å². The van der Waals surface area contributed by atoms with Crippen LogP contribution in [-0.2, 0) is 22.7 Å². The molecular formula is C12H11F3N2O3S. The fourth-order valence-electron chi connectivity index (χ4n) is 1.58. The molecule has 0 amide bonds. The van der Waals surface area contributed by atoms with E-state index in [1.54, 1.807) is 0 Å². The number of anilines is 1. The summed E-state index contributed by atoms with van der Waals surface area (Å²) in [5.74, 6) is 0.249. The number of halogens is 3. The first kappa shape index (κ1) is 15.4. The molecule has 0 atom stereocenters. The van der Waals surface area contributed by atoms with E-state index in [0.717, 1.165) is 12.1 Å². The van der Waals surface area contributed by atoms with E-state index in [2.05, 4.69) is 0 Å². The molecule has 0 aliphatic rings. The molecule has 2 aromatic rings. The van der Waals surface area contributed by atoms with Gasteiger partial charge in [0.05, 0.1) is 12.1 Å².